The van der Waals surface area contributed by atoms with Gasteiger partial charge in [-0.1, -0.05) is 42.5 Å². The van der Waals surface area contributed by atoms with E-state index in [4.69, 9.17) is 14.1 Å². The third kappa shape index (κ3) is 3.28. The summed E-state index contributed by atoms with van der Waals surface area (Å²) >= 11 is 0. The number of ether oxygens (including phenoxy) is 1. The van der Waals surface area contributed by atoms with Crippen LogP contribution in [0.2, 0.25) is 0 Å². The summed E-state index contributed by atoms with van der Waals surface area (Å²) in [6, 6.07) is 16.5. The van der Waals surface area contributed by atoms with Crippen molar-refractivity contribution in [3.8, 4) is 5.75 Å². The van der Waals surface area contributed by atoms with E-state index in [0.29, 0.717) is 11.3 Å². The van der Waals surface area contributed by atoms with E-state index in [9.17, 15) is 8.42 Å². The highest BCUT2D eigenvalue weighted by molar-refractivity contribution is 7.83. The topological polar surface area (TPSA) is 84.9 Å². The fourth-order valence-corrected chi connectivity index (χ4v) is 2.36. The summed E-state index contributed by atoms with van der Waals surface area (Å²) in [4.78, 5) is 6.63. The maximum absolute atomic E-state index is 10.8. The summed E-state index contributed by atoms with van der Waals surface area (Å²) in [6.07, 6.45) is 1.21. The molecule has 1 aliphatic rings. The average Bonchev–Trinajstić information content (AvgIpc) is 2.52. The van der Waals surface area contributed by atoms with Crippen LogP contribution in [0.3, 0.4) is 0 Å². The number of rotatable bonds is 4. The monoisotopic (exact) mass is 319 g/mol. The molecule has 1 heterocycles. The normalized spacial score (nSPS) is 17.1. The largest absolute Gasteiger partial charge is 0.481 e. The molecule has 0 amide bonds. The molecule has 0 spiro atoms. The van der Waals surface area contributed by atoms with Gasteiger partial charge in [0.05, 0.1) is 5.56 Å². The summed E-state index contributed by atoms with van der Waals surface area (Å²) in [5, 5.41) is 0. The molecule has 0 aromatic heterocycles. The lowest BCUT2D eigenvalue weighted by Crippen LogP contribution is -2.24. The lowest BCUT2D eigenvalue weighted by Gasteiger charge is -2.25. The molecular formula is C15H13NO5S. The third-order valence-corrected chi connectivity index (χ3v) is 3.39. The lowest BCUT2D eigenvalue weighted by molar-refractivity contribution is 0.192. The average molecular weight is 319 g/mol. The number of hydrogen-bond acceptors (Lipinski definition) is 4. The first-order valence-corrected chi connectivity index (χ1v) is 7.91. The van der Waals surface area contributed by atoms with Gasteiger partial charge in [0.15, 0.2) is 5.76 Å². The van der Waals surface area contributed by atoms with Crippen molar-refractivity contribution in [2.45, 2.75) is 6.10 Å². The minimum atomic E-state index is -4.46. The smallest absolute Gasteiger partial charge is 0.364 e. The van der Waals surface area contributed by atoms with E-state index in [0.717, 1.165) is 5.56 Å². The second-order valence-corrected chi connectivity index (χ2v) is 5.75. The van der Waals surface area contributed by atoms with Crippen LogP contribution < -0.4 is 9.62 Å². The van der Waals surface area contributed by atoms with E-state index in [1.165, 1.54) is 0 Å². The Balaban J connectivity index is 1.96. The highest BCUT2D eigenvalue weighted by atomic mass is 32.2. The van der Waals surface area contributed by atoms with Gasteiger partial charge in [-0.3, -0.25) is 4.55 Å². The van der Waals surface area contributed by atoms with Crippen LogP contribution in [0, 0.1) is 0 Å². The van der Waals surface area contributed by atoms with Gasteiger partial charge in [0, 0.05) is 6.08 Å². The molecule has 1 aliphatic heterocycles. The molecule has 0 saturated carbocycles. The fourth-order valence-electron chi connectivity index (χ4n) is 2.16. The molecule has 7 heteroatoms. The molecule has 6 nitrogen and oxygen atoms in total. The van der Waals surface area contributed by atoms with Gasteiger partial charge >= 0.3 is 10.3 Å². The van der Waals surface area contributed by atoms with Gasteiger partial charge in [0.25, 0.3) is 0 Å². The Labute approximate surface area is 127 Å². The molecule has 0 bridgehead atoms. The van der Waals surface area contributed by atoms with Gasteiger partial charge < -0.3 is 9.57 Å². The first kappa shape index (κ1) is 14.6. The van der Waals surface area contributed by atoms with Crippen molar-refractivity contribution in [1.82, 2.24) is 4.89 Å². The Morgan fingerprint density at radius 2 is 1.73 bits per heavy atom. The Morgan fingerprint density at radius 1 is 1.05 bits per heavy atom. The van der Waals surface area contributed by atoms with Crippen molar-refractivity contribution >= 4 is 16.1 Å². The zero-order valence-electron chi connectivity index (χ0n) is 11.3. The number of hydrogen-bond donors (Lipinski definition) is 2. The predicted molar refractivity (Wildman–Crippen MR) is 80.0 cm³/mol. The van der Waals surface area contributed by atoms with Crippen LogP contribution in [0.1, 0.15) is 17.2 Å². The zero-order valence-corrected chi connectivity index (χ0v) is 12.2. The van der Waals surface area contributed by atoms with Crippen LogP contribution in [0.15, 0.2) is 60.7 Å². The molecular weight excluding hydrogens is 306 g/mol. The predicted octanol–water partition coefficient (Wildman–Crippen LogP) is 2.49. The summed E-state index contributed by atoms with van der Waals surface area (Å²) in [5.74, 6) is 0.819. The Kier molecular flexibility index (Phi) is 3.84. The highest BCUT2D eigenvalue weighted by Crippen LogP contribution is 2.37. The molecule has 114 valence electrons. The van der Waals surface area contributed by atoms with Crippen molar-refractivity contribution < 1.29 is 22.5 Å². The molecule has 0 saturated heterocycles. The van der Waals surface area contributed by atoms with Gasteiger partial charge in [-0.15, -0.1) is 0 Å². The van der Waals surface area contributed by atoms with E-state index in [2.05, 4.69) is 0 Å². The van der Waals surface area contributed by atoms with Crippen LogP contribution in [0.4, 0.5) is 0 Å². The van der Waals surface area contributed by atoms with Crippen molar-refractivity contribution in [3.63, 3.8) is 0 Å². The number of fused-ring (bicyclic) bond motifs is 1. The van der Waals surface area contributed by atoms with E-state index in [1.54, 1.807) is 35.2 Å². The molecule has 2 aromatic carbocycles. The van der Waals surface area contributed by atoms with Gasteiger partial charge in [-0.05, 0) is 22.6 Å². The fraction of sp³-hybridized carbons (Fsp3) is 0.0667. The number of nitrogens with one attached hydrogen (secondary N) is 1. The first-order valence-electron chi connectivity index (χ1n) is 6.47. The Morgan fingerprint density at radius 3 is 2.45 bits per heavy atom. The van der Waals surface area contributed by atoms with Gasteiger partial charge in [0.2, 0.25) is 0 Å². The standard InChI is InChI=1S/C15H13NO5S/c17-22(18,19)16-21-15-10-14(11-6-2-1-3-7-11)20-13-9-5-4-8-12(13)15/h1-10,14,16H,(H,17,18,19). The number of para-hydroxylation sites is 1. The van der Waals surface area contributed by atoms with Crippen LogP contribution in [0.25, 0.3) is 5.76 Å². The van der Waals surface area contributed by atoms with Crippen LogP contribution in [-0.2, 0) is 15.1 Å². The van der Waals surface area contributed by atoms with E-state index < -0.39 is 16.4 Å². The summed E-state index contributed by atoms with van der Waals surface area (Å²) in [6.45, 7) is 0. The minimum absolute atomic E-state index is 0.258. The van der Waals surface area contributed by atoms with Crippen molar-refractivity contribution in [3.05, 3.63) is 71.8 Å². The van der Waals surface area contributed by atoms with E-state index >= 15 is 0 Å². The second-order valence-electron chi connectivity index (χ2n) is 4.64. The Hall–Kier alpha value is -2.35. The quantitative estimate of drug-likeness (QED) is 0.668. The van der Waals surface area contributed by atoms with E-state index in [1.807, 2.05) is 30.3 Å². The maximum atomic E-state index is 10.8. The highest BCUT2D eigenvalue weighted by Gasteiger charge is 2.24. The molecule has 0 aliphatic carbocycles. The van der Waals surface area contributed by atoms with Crippen molar-refractivity contribution in [2.24, 2.45) is 0 Å². The summed E-state index contributed by atoms with van der Waals surface area (Å²) < 4.78 is 36.2. The zero-order chi connectivity index (χ0) is 15.6. The molecule has 1 atom stereocenters. The SMILES string of the molecule is O=S(=O)(O)NOC1=CC(c2ccccc2)Oc2ccccc21. The summed E-state index contributed by atoms with van der Waals surface area (Å²) in [5.41, 5.74) is 1.48. The molecule has 0 fully saturated rings. The van der Waals surface area contributed by atoms with Gasteiger partial charge in [-0.2, -0.15) is 8.42 Å². The molecule has 1 unspecified atom stereocenters. The molecule has 0 radical (unpaired) electrons. The van der Waals surface area contributed by atoms with Crippen molar-refractivity contribution in [2.75, 3.05) is 0 Å². The molecule has 22 heavy (non-hydrogen) atoms. The van der Waals surface area contributed by atoms with Crippen molar-refractivity contribution in [1.29, 1.82) is 0 Å². The molecule has 2 N–H and O–H groups in total. The van der Waals surface area contributed by atoms with Crippen LogP contribution >= 0.6 is 0 Å². The van der Waals surface area contributed by atoms with Gasteiger partial charge in [0.1, 0.15) is 11.9 Å². The number of benzene rings is 2. The molecule has 3 rings (SSSR count). The Bertz CT molecular complexity index is 802. The second kappa shape index (κ2) is 5.80. The third-order valence-electron chi connectivity index (χ3n) is 3.09. The molecule has 2 aromatic rings. The summed E-state index contributed by atoms with van der Waals surface area (Å²) in [7, 11) is -4.46. The first-order chi connectivity index (χ1) is 10.5. The minimum Gasteiger partial charge on any atom is -0.481 e. The van der Waals surface area contributed by atoms with Crippen LogP contribution in [-0.4, -0.2) is 13.0 Å². The van der Waals surface area contributed by atoms with Gasteiger partial charge in [-0.25, -0.2) is 0 Å². The van der Waals surface area contributed by atoms with Crippen LogP contribution in [0.5, 0.6) is 5.75 Å². The van der Waals surface area contributed by atoms with E-state index in [-0.39, 0.29) is 5.76 Å². The lowest BCUT2D eigenvalue weighted by atomic mass is 10.0. The maximum Gasteiger partial charge on any atom is 0.364 e.